The van der Waals surface area contributed by atoms with Crippen molar-refractivity contribution in [1.29, 1.82) is 0 Å². The van der Waals surface area contributed by atoms with Gasteiger partial charge in [0.25, 0.3) is 0 Å². The molecule has 0 aliphatic carbocycles. The molecule has 1 heterocycles. The van der Waals surface area contributed by atoms with Crippen LogP contribution in [-0.2, 0) is 11.2 Å². The second kappa shape index (κ2) is 5.74. The van der Waals surface area contributed by atoms with Gasteiger partial charge >= 0.3 is 0 Å². The van der Waals surface area contributed by atoms with Crippen LogP contribution in [0.15, 0.2) is 42.5 Å². The molecule has 20 heavy (non-hydrogen) atoms. The Balaban J connectivity index is 2.00. The van der Waals surface area contributed by atoms with E-state index in [0.29, 0.717) is 22.2 Å². The van der Waals surface area contributed by atoms with E-state index in [-0.39, 0.29) is 0 Å². The summed E-state index contributed by atoms with van der Waals surface area (Å²) in [5.41, 5.74) is 2.82. The highest BCUT2D eigenvalue weighted by Crippen LogP contribution is 2.40. The molecule has 0 amide bonds. The van der Waals surface area contributed by atoms with Crippen LogP contribution in [0.4, 0.5) is 0 Å². The molecule has 2 atom stereocenters. The second-order valence-electron chi connectivity index (χ2n) is 4.83. The van der Waals surface area contributed by atoms with Gasteiger partial charge in [-0.1, -0.05) is 59.6 Å². The van der Waals surface area contributed by atoms with Crippen molar-refractivity contribution >= 4 is 23.2 Å². The van der Waals surface area contributed by atoms with Crippen LogP contribution in [0.3, 0.4) is 0 Å². The second-order valence-corrected chi connectivity index (χ2v) is 5.61. The number of aliphatic hydroxyl groups excluding tert-OH is 1. The molecule has 0 saturated heterocycles. The van der Waals surface area contributed by atoms with E-state index < -0.39 is 12.2 Å². The number of rotatable bonds is 2. The van der Waals surface area contributed by atoms with Crippen LogP contribution >= 0.6 is 23.2 Å². The molecule has 0 saturated carbocycles. The first-order chi connectivity index (χ1) is 9.68. The third-order valence-electron chi connectivity index (χ3n) is 3.62. The van der Waals surface area contributed by atoms with E-state index in [1.165, 1.54) is 5.56 Å². The number of aliphatic hydroxyl groups is 1. The zero-order chi connectivity index (χ0) is 14.1. The van der Waals surface area contributed by atoms with Crippen LogP contribution in [-0.4, -0.2) is 11.7 Å². The summed E-state index contributed by atoms with van der Waals surface area (Å²) in [5, 5.41) is 11.4. The van der Waals surface area contributed by atoms with Crippen molar-refractivity contribution in [3.63, 3.8) is 0 Å². The molecule has 4 heteroatoms. The highest BCUT2D eigenvalue weighted by Gasteiger charge is 2.30. The summed E-state index contributed by atoms with van der Waals surface area (Å²) in [6, 6.07) is 13.3. The van der Waals surface area contributed by atoms with E-state index in [4.69, 9.17) is 27.9 Å². The van der Waals surface area contributed by atoms with Crippen molar-refractivity contribution < 1.29 is 9.84 Å². The molecular formula is C16H14Cl2O2. The molecule has 1 N–H and O–H groups in total. The molecule has 104 valence electrons. The normalized spacial score (nSPS) is 19.4. The molecule has 1 aliphatic rings. The maximum Gasteiger partial charge on any atom is 0.113 e. The summed E-state index contributed by atoms with van der Waals surface area (Å²) in [7, 11) is 0. The third-order valence-corrected chi connectivity index (χ3v) is 4.45. The summed E-state index contributed by atoms with van der Waals surface area (Å²) >= 11 is 12.2. The average Bonchev–Trinajstić information content (AvgIpc) is 2.49. The van der Waals surface area contributed by atoms with E-state index in [0.717, 1.165) is 12.0 Å². The maximum absolute atomic E-state index is 10.6. The molecule has 2 aromatic carbocycles. The predicted molar refractivity (Wildman–Crippen MR) is 80.3 cm³/mol. The third kappa shape index (κ3) is 2.45. The first kappa shape index (κ1) is 13.9. The van der Waals surface area contributed by atoms with Crippen LogP contribution in [0, 0.1) is 0 Å². The van der Waals surface area contributed by atoms with Crippen LogP contribution in [0.2, 0.25) is 10.0 Å². The van der Waals surface area contributed by atoms with Crippen molar-refractivity contribution in [3.05, 3.63) is 69.2 Å². The van der Waals surface area contributed by atoms with Gasteiger partial charge in [0.2, 0.25) is 0 Å². The van der Waals surface area contributed by atoms with Gasteiger partial charge in [-0.15, -0.1) is 0 Å². The van der Waals surface area contributed by atoms with Crippen molar-refractivity contribution in [2.45, 2.75) is 18.6 Å². The molecule has 0 aromatic heterocycles. The topological polar surface area (TPSA) is 29.5 Å². The highest BCUT2D eigenvalue weighted by atomic mass is 35.5. The van der Waals surface area contributed by atoms with Gasteiger partial charge in [-0.2, -0.15) is 0 Å². The van der Waals surface area contributed by atoms with Crippen molar-refractivity contribution in [3.8, 4) is 0 Å². The molecule has 3 rings (SSSR count). The maximum atomic E-state index is 10.6. The van der Waals surface area contributed by atoms with E-state index in [1.54, 1.807) is 18.2 Å². The summed E-state index contributed by atoms with van der Waals surface area (Å²) in [5.74, 6) is 0. The lowest BCUT2D eigenvalue weighted by atomic mass is 9.91. The molecule has 2 nitrogen and oxygen atoms in total. The number of halogens is 2. The van der Waals surface area contributed by atoms with Crippen molar-refractivity contribution in [2.24, 2.45) is 0 Å². The Morgan fingerprint density at radius 1 is 1.10 bits per heavy atom. The zero-order valence-electron chi connectivity index (χ0n) is 10.7. The fourth-order valence-corrected chi connectivity index (χ4v) is 3.02. The van der Waals surface area contributed by atoms with Gasteiger partial charge in [-0.3, -0.25) is 0 Å². The smallest absolute Gasteiger partial charge is 0.113 e. The van der Waals surface area contributed by atoms with Crippen LogP contribution in [0.5, 0.6) is 0 Å². The minimum absolute atomic E-state index is 0.383. The molecule has 0 spiro atoms. The zero-order valence-corrected chi connectivity index (χ0v) is 12.2. The highest BCUT2D eigenvalue weighted by molar-refractivity contribution is 6.42. The largest absolute Gasteiger partial charge is 0.385 e. The first-order valence-electron chi connectivity index (χ1n) is 6.50. The summed E-state index contributed by atoms with van der Waals surface area (Å²) in [6.07, 6.45) is -0.374. The van der Waals surface area contributed by atoms with Gasteiger partial charge in [0.05, 0.1) is 16.7 Å². The lowest BCUT2D eigenvalue weighted by Crippen LogP contribution is -2.22. The van der Waals surface area contributed by atoms with E-state index >= 15 is 0 Å². The fraction of sp³-hybridized carbons (Fsp3) is 0.250. The van der Waals surface area contributed by atoms with Gasteiger partial charge in [-0.25, -0.2) is 0 Å². The van der Waals surface area contributed by atoms with Crippen molar-refractivity contribution in [2.75, 3.05) is 6.61 Å². The minimum atomic E-state index is -0.831. The Morgan fingerprint density at radius 3 is 2.75 bits per heavy atom. The van der Waals surface area contributed by atoms with Gasteiger partial charge in [0, 0.05) is 5.56 Å². The minimum Gasteiger partial charge on any atom is -0.385 e. The number of hydrogen-bond donors (Lipinski definition) is 1. The molecule has 0 fully saturated rings. The van der Waals surface area contributed by atoms with Crippen LogP contribution in [0.25, 0.3) is 0 Å². The van der Waals surface area contributed by atoms with Crippen molar-refractivity contribution in [1.82, 2.24) is 0 Å². The number of fused-ring (bicyclic) bond motifs is 1. The average molecular weight is 309 g/mol. The molecule has 0 radical (unpaired) electrons. The van der Waals surface area contributed by atoms with E-state index in [2.05, 4.69) is 6.07 Å². The monoisotopic (exact) mass is 308 g/mol. The number of benzene rings is 2. The molecule has 0 bridgehead atoms. The fourth-order valence-electron chi connectivity index (χ4n) is 2.60. The SMILES string of the molecule is OC(c1cccc(Cl)c1Cl)C1OCCc2ccccc21. The Kier molecular flexibility index (Phi) is 3.99. The van der Waals surface area contributed by atoms with Gasteiger partial charge in [-0.05, 0) is 23.6 Å². The number of hydrogen-bond acceptors (Lipinski definition) is 2. The number of ether oxygens (including phenoxy) is 1. The molecule has 1 aliphatic heterocycles. The van der Waals surface area contributed by atoms with E-state index in [9.17, 15) is 5.11 Å². The quantitative estimate of drug-likeness (QED) is 0.894. The standard InChI is InChI=1S/C16H14Cl2O2/c17-13-7-3-6-12(14(13)18)15(19)16-11-5-2-1-4-10(11)8-9-20-16/h1-7,15-16,19H,8-9H2. The van der Waals surface area contributed by atoms with Gasteiger partial charge in [0.1, 0.15) is 12.2 Å². The van der Waals surface area contributed by atoms with E-state index in [1.807, 2.05) is 18.2 Å². The summed E-state index contributed by atoms with van der Waals surface area (Å²) in [4.78, 5) is 0. The first-order valence-corrected chi connectivity index (χ1v) is 7.25. The van der Waals surface area contributed by atoms with Gasteiger partial charge < -0.3 is 9.84 Å². The lowest BCUT2D eigenvalue weighted by Gasteiger charge is -2.30. The van der Waals surface area contributed by atoms with Crippen LogP contribution < -0.4 is 0 Å². The molecule has 2 aromatic rings. The Bertz CT molecular complexity index is 628. The Labute approximate surface area is 127 Å². The Morgan fingerprint density at radius 2 is 1.90 bits per heavy atom. The summed E-state index contributed by atoms with van der Waals surface area (Å²) < 4.78 is 5.76. The van der Waals surface area contributed by atoms with Crippen LogP contribution in [0.1, 0.15) is 28.9 Å². The molecule has 2 unspecified atom stereocenters. The summed E-state index contributed by atoms with van der Waals surface area (Å²) in [6.45, 7) is 0.594. The molecular weight excluding hydrogens is 295 g/mol. The lowest BCUT2D eigenvalue weighted by molar-refractivity contribution is -0.0482. The van der Waals surface area contributed by atoms with Gasteiger partial charge in [0.15, 0.2) is 0 Å². The predicted octanol–water partition coefficient (Wildman–Crippen LogP) is 4.34. The Hall–Kier alpha value is -1.06.